The van der Waals surface area contributed by atoms with Crippen molar-refractivity contribution >= 4 is 5.91 Å². The number of carbonyl (C=O) groups excluding carboxylic acids is 1. The zero-order valence-corrected chi connectivity index (χ0v) is 7.76. The fraction of sp³-hybridized carbons (Fsp3) is 0.875. The summed E-state index contributed by atoms with van der Waals surface area (Å²) in [6.07, 6.45) is 0.690. The predicted octanol–water partition coefficient (Wildman–Crippen LogP) is 0.890. The van der Waals surface area contributed by atoms with E-state index in [4.69, 9.17) is 4.74 Å². The van der Waals surface area contributed by atoms with Gasteiger partial charge in [-0.25, -0.2) is 0 Å². The van der Waals surface area contributed by atoms with Crippen LogP contribution < -0.4 is 0 Å². The predicted molar refractivity (Wildman–Crippen MR) is 44.4 cm³/mol. The van der Waals surface area contributed by atoms with Crippen LogP contribution in [0, 0.1) is 0 Å². The van der Waals surface area contributed by atoms with E-state index in [0.717, 1.165) is 0 Å². The molecule has 11 heavy (non-hydrogen) atoms. The first kappa shape index (κ1) is 10.4. The molecule has 66 valence electrons. The number of nitrogens with zero attached hydrogens (tertiary/aromatic N) is 1. The average Bonchev–Trinajstić information content (AvgIpc) is 1.86. The summed E-state index contributed by atoms with van der Waals surface area (Å²) in [5, 5.41) is 0. The van der Waals surface area contributed by atoms with Gasteiger partial charge >= 0.3 is 0 Å². The fourth-order valence-electron chi connectivity index (χ4n) is 0.606. The van der Waals surface area contributed by atoms with Crippen LogP contribution in [-0.2, 0) is 9.53 Å². The lowest BCUT2D eigenvalue weighted by atomic mass is 10.4. The topological polar surface area (TPSA) is 29.5 Å². The van der Waals surface area contributed by atoms with E-state index in [2.05, 4.69) is 0 Å². The van der Waals surface area contributed by atoms with Crippen LogP contribution in [0.4, 0.5) is 0 Å². The highest BCUT2D eigenvalue weighted by molar-refractivity contribution is 5.75. The van der Waals surface area contributed by atoms with Crippen LogP contribution in [0.15, 0.2) is 0 Å². The second-order valence-electron chi connectivity index (χ2n) is 2.96. The van der Waals surface area contributed by atoms with Crippen molar-refractivity contribution < 1.29 is 9.53 Å². The maximum absolute atomic E-state index is 11.0. The first-order valence-electron chi connectivity index (χ1n) is 3.85. The minimum absolute atomic E-state index is 0.116. The van der Waals surface area contributed by atoms with E-state index in [1.165, 1.54) is 0 Å². The van der Waals surface area contributed by atoms with Crippen molar-refractivity contribution in [2.45, 2.75) is 26.4 Å². The van der Waals surface area contributed by atoms with Crippen molar-refractivity contribution in [1.82, 2.24) is 4.90 Å². The van der Waals surface area contributed by atoms with Crippen LogP contribution in [0.5, 0.6) is 0 Å². The van der Waals surface area contributed by atoms with E-state index in [-0.39, 0.29) is 12.0 Å². The Kier molecular flexibility index (Phi) is 4.86. The molecule has 3 heteroatoms. The molecule has 0 saturated carbocycles. The summed E-state index contributed by atoms with van der Waals surface area (Å²) in [6, 6.07) is 0. The van der Waals surface area contributed by atoms with E-state index in [0.29, 0.717) is 13.0 Å². The van der Waals surface area contributed by atoms with Gasteiger partial charge in [-0.05, 0) is 13.8 Å². The van der Waals surface area contributed by atoms with E-state index < -0.39 is 0 Å². The van der Waals surface area contributed by atoms with Crippen LogP contribution in [0.3, 0.4) is 0 Å². The molecule has 0 aromatic heterocycles. The van der Waals surface area contributed by atoms with Gasteiger partial charge in [-0.3, -0.25) is 4.79 Å². The Balaban J connectivity index is 3.32. The normalized spacial score (nSPS) is 10.3. The summed E-state index contributed by atoms with van der Waals surface area (Å²) in [6.45, 7) is 4.44. The van der Waals surface area contributed by atoms with E-state index >= 15 is 0 Å². The SMILES string of the molecule is CC(C)OCCC(=O)N(C)C. The van der Waals surface area contributed by atoms with Gasteiger partial charge < -0.3 is 9.64 Å². The third kappa shape index (κ3) is 5.85. The molecule has 0 fully saturated rings. The van der Waals surface area contributed by atoms with E-state index in [9.17, 15) is 4.79 Å². The van der Waals surface area contributed by atoms with Gasteiger partial charge in [0, 0.05) is 14.1 Å². The smallest absolute Gasteiger partial charge is 0.224 e. The molecule has 1 amide bonds. The Morgan fingerprint density at radius 3 is 2.36 bits per heavy atom. The Bertz CT molecular complexity index is 121. The van der Waals surface area contributed by atoms with Crippen LogP contribution in [-0.4, -0.2) is 37.6 Å². The van der Waals surface area contributed by atoms with E-state index in [1.54, 1.807) is 19.0 Å². The van der Waals surface area contributed by atoms with Crippen LogP contribution >= 0.6 is 0 Å². The van der Waals surface area contributed by atoms with Gasteiger partial charge in [0.05, 0.1) is 19.1 Å². The molecule has 0 spiro atoms. The second-order valence-corrected chi connectivity index (χ2v) is 2.96. The van der Waals surface area contributed by atoms with Gasteiger partial charge in [-0.2, -0.15) is 0 Å². The van der Waals surface area contributed by atoms with Gasteiger partial charge in [-0.1, -0.05) is 0 Å². The molecule has 0 unspecified atom stereocenters. The Morgan fingerprint density at radius 1 is 1.45 bits per heavy atom. The second kappa shape index (κ2) is 5.13. The molecular formula is C8H17NO2. The Labute approximate surface area is 68.3 Å². The first-order valence-corrected chi connectivity index (χ1v) is 3.85. The summed E-state index contributed by atoms with van der Waals surface area (Å²) in [7, 11) is 3.50. The van der Waals surface area contributed by atoms with Crippen molar-refractivity contribution in [3.63, 3.8) is 0 Å². The van der Waals surface area contributed by atoms with Crippen molar-refractivity contribution in [3.05, 3.63) is 0 Å². The van der Waals surface area contributed by atoms with Crippen LogP contribution in [0.1, 0.15) is 20.3 Å². The number of amides is 1. The molecule has 0 rings (SSSR count). The maximum Gasteiger partial charge on any atom is 0.224 e. The lowest BCUT2D eigenvalue weighted by Gasteiger charge is -2.11. The highest BCUT2D eigenvalue weighted by Crippen LogP contribution is 1.92. The van der Waals surface area contributed by atoms with Crippen molar-refractivity contribution in [1.29, 1.82) is 0 Å². The van der Waals surface area contributed by atoms with Gasteiger partial charge in [0.25, 0.3) is 0 Å². The lowest BCUT2D eigenvalue weighted by Crippen LogP contribution is -2.23. The monoisotopic (exact) mass is 159 g/mol. The third-order valence-corrected chi connectivity index (χ3v) is 1.27. The summed E-state index contributed by atoms with van der Waals surface area (Å²) in [5.41, 5.74) is 0. The van der Waals surface area contributed by atoms with Crippen molar-refractivity contribution in [3.8, 4) is 0 Å². The van der Waals surface area contributed by atoms with Crippen molar-refractivity contribution in [2.24, 2.45) is 0 Å². The molecule has 0 aliphatic carbocycles. The standard InChI is InChI=1S/C8H17NO2/c1-7(2)11-6-5-8(10)9(3)4/h7H,5-6H2,1-4H3. The van der Waals surface area contributed by atoms with Gasteiger partial charge in [-0.15, -0.1) is 0 Å². The summed E-state index contributed by atoms with van der Waals surface area (Å²) >= 11 is 0. The number of carbonyl (C=O) groups is 1. The number of hydrogen-bond acceptors (Lipinski definition) is 2. The molecule has 0 N–H and O–H groups in total. The average molecular weight is 159 g/mol. The third-order valence-electron chi connectivity index (χ3n) is 1.27. The molecular weight excluding hydrogens is 142 g/mol. The zero-order chi connectivity index (χ0) is 8.85. The molecule has 0 radical (unpaired) electrons. The highest BCUT2D eigenvalue weighted by Gasteiger charge is 2.03. The van der Waals surface area contributed by atoms with Crippen LogP contribution in [0.25, 0.3) is 0 Å². The minimum atomic E-state index is 0.116. The Hall–Kier alpha value is -0.570. The maximum atomic E-state index is 11.0. The quantitative estimate of drug-likeness (QED) is 0.609. The molecule has 0 aliphatic heterocycles. The minimum Gasteiger partial charge on any atom is -0.378 e. The molecule has 0 aliphatic rings. The number of hydrogen-bond donors (Lipinski definition) is 0. The largest absolute Gasteiger partial charge is 0.378 e. The molecule has 0 aromatic rings. The van der Waals surface area contributed by atoms with Crippen LogP contribution in [0.2, 0.25) is 0 Å². The number of ether oxygens (including phenoxy) is 1. The molecule has 3 nitrogen and oxygen atoms in total. The molecule has 0 saturated heterocycles. The van der Waals surface area contributed by atoms with Crippen molar-refractivity contribution in [2.75, 3.05) is 20.7 Å². The first-order chi connectivity index (χ1) is 5.04. The molecule has 0 aromatic carbocycles. The molecule has 0 atom stereocenters. The van der Waals surface area contributed by atoms with Gasteiger partial charge in [0.2, 0.25) is 5.91 Å². The van der Waals surface area contributed by atoms with E-state index in [1.807, 2.05) is 13.8 Å². The Morgan fingerprint density at radius 2 is 2.00 bits per heavy atom. The summed E-state index contributed by atoms with van der Waals surface area (Å²) in [5.74, 6) is 0.116. The summed E-state index contributed by atoms with van der Waals surface area (Å²) < 4.78 is 5.22. The highest BCUT2D eigenvalue weighted by atomic mass is 16.5. The molecule has 0 heterocycles. The summed E-state index contributed by atoms with van der Waals surface area (Å²) in [4.78, 5) is 12.5. The lowest BCUT2D eigenvalue weighted by molar-refractivity contribution is -0.130. The zero-order valence-electron chi connectivity index (χ0n) is 7.76. The number of rotatable bonds is 4. The van der Waals surface area contributed by atoms with Gasteiger partial charge in [0.1, 0.15) is 0 Å². The molecule has 0 bridgehead atoms. The van der Waals surface area contributed by atoms with Gasteiger partial charge in [0.15, 0.2) is 0 Å². The fourth-order valence-corrected chi connectivity index (χ4v) is 0.606.